The number of rotatable bonds is 2. The highest BCUT2D eigenvalue weighted by Gasteiger charge is 2.13. The first-order valence-electron chi connectivity index (χ1n) is 5.10. The Labute approximate surface area is 86.9 Å². The number of hydrogen-bond donors (Lipinski definition) is 0. The predicted octanol–water partition coefficient (Wildman–Crippen LogP) is 2.36. The first-order valence-corrected chi connectivity index (χ1v) is 5.10. The zero-order chi connectivity index (χ0) is 10.9. The van der Waals surface area contributed by atoms with Crippen LogP contribution in [0.3, 0.4) is 0 Å². The van der Waals surface area contributed by atoms with Gasteiger partial charge >= 0.3 is 0 Å². The summed E-state index contributed by atoms with van der Waals surface area (Å²) in [5, 5.41) is 0. The van der Waals surface area contributed by atoms with Gasteiger partial charge in [0, 0.05) is 0 Å². The van der Waals surface area contributed by atoms with Crippen molar-refractivity contribution in [1.29, 1.82) is 0 Å². The summed E-state index contributed by atoms with van der Waals surface area (Å²) in [6.45, 7) is 7.91. The molecule has 0 spiro atoms. The topological polar surface area (TPSA) is 0 Å². The first kappa shape index (κ1) is 11.3. The van der Waals surface area contributed by atoms with Crippen molar-refractivity contribution in [1.82, 2.24) is 0 Å². The normalized spacial score (nSPS) is 10.6. The summed E-state index contributed by atoms with van der Waals surface area (Å²) in [7, 11) is 5.73. The second-order valence-electron chi connectivity index (χ2n) is 3.64. The number of benzene rings is 1. The number of halogens is 1. The van der Waals surface area contributed by atoms with E-state index in [2.05, 4.69) is 6.92 Å². The zero-order valence-corrected chi connectivity index (χ0v) is 9.37. The van der Waals surface area contributed by atoms with E-state index in [-0.39, 0.29) is 5.82 Å². The van der Waals surface area contributed by atoms with Crippen molar-refractivity contribution in [3.8, 4) is 0 Å². The fraction of sp³-hybridized carbons (Fsp3) is 0.500. The van der Waals surface area contributed by atoms with Gasteiger partial charge in [0.05, 0.1) is 0 Å². The molecule has 2 heteroatoms. The monoisotopic (exact) mass is 190 g/mol. The van der Waals surface area contributed by atoms with Gasteiger partial charge in [-0.25, -0.2) is 4.39 Å². The average molecular weight is 190 g/mol. The van der Waals surface area contributed by atoms with Crippen molar-refractivity contribution < 1.29 is 4.39 Å². The van der Waals surface area contributed by atoms with E-state index in [9.17, 15) is 4.39 Å². The fourth-order valence-electron chi connectivity index (χ4n) is 2.07. The van der Waals surface area contributed by atoms with E-state index in [1.54, 1.807) is 0 Å². The third-order valence-electron chi connectivity index (χ3n) is 2.97. The minimum atomic E-state index is -0.222. The molecule has 1 aromatic rings. The molecule has 0 nitrogen and oxygen atoms in total. The summed E-state index contributed by atoms with van der Waals surface area (Å²) in [6, 6.07) is 0. The van der Waals surface area contributed by atoms with Gasteiger partial charge in [0.25, 0.3) is 0 Å². The summed E-state index contributed by atoms with van der Waals surface area (Å²) < 4.78 is 13.7. The van der Waals surface area contributed by atoms with Gasteiger partial charge in [-0.15, -0.1) is 0 Å². The van der Waals surface area contributed by atoms with E-state index in [0.29, 0.717) is 11.9 Å². The lowest BCUT2D eigenvalue weighted by Gasteiger charge is -2.17. The van der Waals surface area contributed by atoms with Gasteiger partial charge < -0.3 is 0 Å². The molecule has 0 saturated carbocycles. The van der Waals surface area contributed by atoms with Crippen LogP contribution in [-0.2, 0) is 12.8 Å². The van der Waals surface area contributed by atoms with Crippen LogP contribution < -0.4 is 5.46 Å². The second-order valence-corrected chi connectivity index (χ2v) is 3.64. The van der Waals surface area contributed by atoms with Gasteiger partial charge in [-0.3, -0.25) is 0 Å². The maximum atomic E-state index is 13.7. The van der Waals surface area contributed by atoms with Crippen LogP contribution in [0.1, 0.15) is 36.1 Å². The molecule has 0 N–H and O–H groups in total. The van der Waals surface area contributed by atoms with Gasteiger partial charge in [0.2, 0.25) is 0 Å². The van der Waals surface area contributed by atoms with Crippen molar-refractivity contribution in [2.45, 2.75) is 40.5 Å². The summed E-state index contributed by atoms with van der Waals surface area (Å²) in [4.78, 5) is 0. The lowest BCUT2D eigenvalue weighted by molar-refractivity contribution is 0.616. The van der Waals surface area contributed by atoms with Crippen LogP contribution in [0.15, 0.2) is 0 Å². The van der Waals surface area contributed by atoms with Crippen molar-refractivity contribution in [2.24, 2.45) is 0 Å². The van der Waals surface area contributed by atoms with Crippen LogP contribution >= 0.6 is 0 Å². The molecule has 0 aliphatic heterocycles. The third kappa shape index (κ3) is 1.58. The molecule has 0 aromatic heterocycles. The highest BCUT2D eigenvalue weighted by Crippen LogP contribution is 2.20. The Bertz CT molecular complexity index is 325. The molecule has 0 aliphatic carbocycles. The molecule has 0 fully saturated rings. The Hall–Kier alpha value is -0.785. The Morgan fingerprint density at radius 3 is 1.93 bits per heavy atom. The van der Waals surface area contributed by atoms with E-state index in [0.717, 1.165) is 23.1 Å². The fourth-order valence-corrected chi connectivity index (χ4v) is 2.07. The predicted molar refractivity (Wildman–Crippen MR) is 60.0 cm³/mol. The Kier molecular flexibility index (Phi) is 3.36. The smallest absolute Gasteiger partial charge is 0.119 e. The molecule has 0 amide bonds. The molecule has 1 rings (SSSR count). The van der Waals surface area contributed by atoms with Gasteiger partial charge in [-0.1, -0.05) is 24.9 Å². The molecule has 14 heavy (non-hydrogen) atoms. The van der Waals surface area contributed by atoms with Crippen LogP contribution in [-0.4, -0.2) is 7.85 Å². The molecule has 1 aromatic carbocycles. The van der Waals surface area contributed by atoms with Crippen LogP contribution in [0.2, 0.25) is 0 Å². The van der Waals surface area contributed by atoms with Gasteiger partial charge in [0.1, 0.15) is 13.7 Å². The molecule has 0 heterocycles. The Morgan fingerprint density at radius 1 is 1.00 bits per heavy atom. The molecular formula is C12H16BF. The quantitative estimate of drug-likeness (QED) is 0.628. The average Bonchev–Trinajstić information content (AvgIpc) is 2.16. The van der Waals surface area contributed by atoms with Crippen molar-refractivity contribution in [3.63, 3.8) is 0 Å². The summed E-state index contributed by atoms with van der Waals surface area (Å²) in [5.41, 5.74) is 4.26. The van der Waals surface area contributed by atoms with E-state index in [1.807, 2.05) is 20.8 Å². The van der Waals surface area contributed by atoms with E-state index in [1.165, 1.54) is 5.56 Å². The highest BCUT2D eigenvalue weighted by atomic mass is 19.1. The summed E-state index contributed by atoms with van der Waals surface area (Å²) >= 11 is 0. The molecule has 0 atom stereocenters. The van der Waals surface area contributed by atoms with Crippen molar-refractivity contribution in [3.05, 3.63) is 28.1 Å². The highest BCUT2D eigenvalue weighted by molar-refractivity contribution is 6.33. The van der Waals surface area contributed by atoms with Gasteiger partial charge in [-0.05, 0) is 43.4 Å². The molecule has 0 aliphatic rings. The van der Waals surface area contributed by atoms with Crippen molar-refractivity contribution in [2.75, 3.05) is 0 Å². The maximum Gasteiger partial charge on any atom is 0.119 e. The Morgan fingerprint density at radius 2 is 1.50 bits per heavy atom. The SMILES string of the molecule is [B]c1c(C)c(CC)c(C)c(CC)c1F. The zero-order valence-electron chi connectivity index (χ0n) is 9.37. The van der Waals surface area contributed by atoms with Crippen molar-refractivity contribution >= 4 is 13.3 Å². The Balaban J connectivity index is 3.56. The molecule has 2 radical (unpaired) electrons. The van der Waals surface area contributed by atoms with Gasteiger partial charge in [0.15, 0.2) is 0 Å². The largest absolute Gasteiger partial charge is 0.207 e. The van der Waals surface area contributed by atoms with Crippen LogP contribution in [0.4, 0.5) is 4.39 Å². The molecule has 74 valence electrons. The lowest BCUT2D eigenvalue weighted by atomic mass is 9.82. The third-order valence-corrected chi connectivity index (χ3v) is 2.97. The molecular weight excluding hydrogens is 174 g/mol. The van der Waals surface area contributed by atoms with Crippen LogP contribution in [0.25, 0.3) is 0 Å². The number of hydrogen-bond acceptors (Lipinski definition) is 0. The minimum absolute atomic E-state index is 0.222. The van der Waals surface area contributed by atoms with Crippen LogP contribution in [0, 0.1) is 19.7 Å². The van der Waals surface area contributed by atoms with E-state index in [4.69, 9.17) is 7.85 Å². The lowest BCUT2D eigenvalue weighted by Crippen LogP contribution is -2.19. The summed E-state index contributed by atoms with van der Waals surface area (Å²) in [5.74, 6) is -0.222. The van der Waals surface area contributed by atoms with E-state index < -0.39 is 0 Å². The maximum absolute atomic E-state index is 13.7. The van der Waals surface area contributed by atoms with Crippen LogP contribution in [0.5, 0.6) is 0 Å². The second kappa shape index (κ2) is 4.16. The molecule has 0 saturated heterocycles. The standard InChI is InChI=1S/C12H16BF/c1-5-9-7(3)10(6-2)12(14)11(13)8(9)4/h5-6H2,1-4H3. The minimum Gasteiger partial charge on any atom is -0.207 e. The summed E-state index contributed by atoms with van der Waals surface area (Å²) in [6.07, 6.45) is 1.62. The molecule has 0 unspecified atom stereocenters. The van der Waals surface area contributed by atoms with E-state index >= 15 is 0 Å². The van der Waals surface area contributed by atoms with Gasteiger partial charge in [-0.2, -0.15) is 0 Å². The first-order chi connectivity index (χ1) is 6.54. The molecule has 0 bridgehead atoms.